The van der Waals surface area contributed by atoms with Crippen LogP contribution in [0.15, 0.2) is 0 Å². The monoisotopic (exact) mass is 340 g/mol. The van der Waals surface area contributed by atoms with Gasteiger partial charge in [0, 0.05) is 0 Å². The first-order chi connectivity index (χ1) is 6.86. The summed E-state index contributed by atoms with van der Waals surface area (Å²) >= 11 is 37.4. The summed E-state index contributed by atoms with van der Waals surface area (Å²) < 4.78 is 4.93. The molecule has 1 aromatic rings. The molecule has 1 nitrogen and oxygen atoms in total. The van der Waals surface area contributed by atoms with Crippen molar-refractivity contribution >= 4 is 87.2 Å². The number of hydrogen-bond acceptors (Lipinski definition) is 2. The molecule has 0 saturated carbocycles. The lowest BCUT2D eigenvalue weighted by Gasteiger charge is -2.11. The highest BCUT2D eigenvalue weighted by Gasteiger charge is 2.21. The number of ether oxygens (including phenoxy) is 1. The highest BCUT2D eigenvalue weighted by atomic mass is 35.5. The third kappa shape index (κ3) is 2.97. The van der Waals surface area contributed by atoms with Crippen molar-refractivity contribution in [3.8, 4) is 5.75 Å². The van der Waals surface area contributed by atoms with E-state index in [1.54, 1.807) is 0 Å². The summed E-state index contributed by atoms with van der Waals surface area (Å²) in [6, 6.07) is 0. The van der Waals surface area contributed by atoms with Crippen LogP contribution in [-0.2, 0) is 0 Å². The molecule has 15 heavy (non-hydrogen) atoms. The van der Waals surface area contributed by atoms with E-state index in [2.05, 4.69) is 24.8 Å². The Bertz CT molecular complexity index is 405. The molecule has 0 aliphatic rings. The van der Waals surface area contributed by atoms with Gasteiger partial charge in [-0.3, -0.25) is 0 Å². The smallest absolute Gasteiger partial charge is 0.222 e. The normalized spacial score (nSPS) is 10.3. The van der Waals surface area contributed by atoms with Crippen molar-refractivity contribution in [3.63, 3.8) is 0 Å². The molecular formula is C7HCl5OS2. The lowest BCUT2D eigenvalue weighted by atomic mass is 10.3. The summed E-state index contributed by atoms with van der Waals surface area (Å²) in [5.74, 6) is 0.0396. The molecule has 0 aliphatic heterocycles. The zero-order valence-corrected chi connectivity index (χ0v) is 12.1. The SMILES string of the molecule is S=C(S)Oc1c(Cl)c(Cl)c(Cl)c(Cl)c1Cl. The molecule has 1 aromatic carbocycles. The van der Waals surface area contributed by atoms with E-state index in [1.807, 2.05) is 0 Å². The second-order valence-electron chi connectivity index (χ2n) is 2.27. The van der Waals surface area contributed by atoms with Crippen LogP contribution in [0.1, 0.15) is 0 Å². The van der Waals surface area contributed by atoms with Crippen LogP contribution in [0.3, 0.4) is 0 Å². The van der Waals surface area contributed by atoms with Gasteiger partial charge in [0.05, 0.1) is 15.1 Å². The van der Waals surface area contributed by atoms with Crippen LogP contribution in [0, 0.1) is 0 Å². The second kappa shape index (κ2) is 5.50. The van der Waals surface area contributed by atoms with Crippen LogP contribution < -0.4 is 4.74 Å². The number of rotatable bonds is 1. The molecule has 0 radical (unpaired) electrons. The van der Waals surface area contributed by atoms with Crippen LogP contribution in [0.2, 0.25) is 25.1 Å². The topological polar surface area (TPSA) is 9.23 Å². The Hall–Kier alpha value is 0.910. The Labute approximate surface area is 122 Å². The Morgan fingerprint density at radius 3 is 1.53 bits per heavy atom. The van der Waals surface area contributed by atoms with Gasteiger partial charge in [-0.2, -0.15) is 0 Å². The van der Waals surface area contributed by atoms with E-state index in [0.29, 0.717) is 0 Å². The minimum atomic E-state index is -0.0618. The van der Waals surface area contributed by atoms with Crippen LogP contribution in [-0.4, -0.2) is 4.38 Å². The highest BCUT2D eigenvalue weighted by Crippen LogP contribution is 2.48. The standard InChI is InChI=1S/C7HCl5OS2/c8-1-2(9)4(11)6(13-7(14)15)5(12)3(1)10/h(H,14,15). The first kappa shape index (κ1) is 14.0. The minimum absolute atomic E-state index is 0.0347. The molecule has 0 atom stereocenters. The van der Waals surface area contributed by atoms with Gasteiger partial charge < -0.3 is 4.74 Å². The molecule has 0 aromatic heterocycles. The maximum atomic E-state index is 5.84. The molecule has 0 spiro atoms. The lowest BCUT2D eigenvalue weighted by molar-refractivity contribution is 0.580. The summed E-state index contributed by atoms with van der Waals surface area (Å²) in [5.41, 5.74) is 0. The van der Waals surface area contributed by atoms with E-state index >= 15 is 0 Å². The average Bonchev–Trinajstić information content (AvgIpc) is 2.18. The number of benzene rings is 1. The van der Waals surface area contributed by atoms with Gasteiger partial charge in [0.1, 0.15) is 10.0 Å². The Morgan fingerprint density at radius 2 is 1.20 bits per heavy atom. The van der Waals surface area contributed by atoms with Crippen molar-refractivity contribution < 1.29 is 4.74 Å². The molecular weight excluding hydrogens is 341 g/mol. The van der Waals surface area contributed by atoms with Crippen molar-refractivity contribution in [3.05, 3.63) is 25.1 Å². The first-order valence-electron chi connectivity index (χ1n) is 3.28. The maximum absolute atomic E-state index is 5.84. The van der Waals surface area contributed by atoms with Crippen LogP contribution in [0.5, 0.6) is 5.75 Å². The van der Waals surface area contributed by atoms with Gasteiger partial charge in [0.25, 0.3) is 0 Å². The predicted octanol–water partition coefficient (Wildman–Crippen LogP) is 5.55. The molecule has 8 heteroatoms. The van der Waals surface area contributed by atoms with Crippen LogP contribution in [0.25, 0.3) is 0 Å². The van der Waals surface area contributed by atoms with E-state index in [4.69, 9.17) is 62.7 Å². The molecule has 82 valence electrons. The highest BCUT2D eigenvalue weighted by molar-refractivity contribution is 8.10. The first-order valence-corrected chi connectivity index (χ1v) is 6.03. The summed E-state index contributed by atoms with van der Waals surface area (Å²) in [4.78, 5) is 0. The van der Waals surface area contributed by atoms with E-state index in [-0.39, 0.29) is 35.2 Å². The third-order valence-corrected chi connectivity index (χ3v) is 3.78. The Morgan fingerprint density at radius 1 is 0.867 bits per heavy atom. The van der Waals surface area contributed by atoms with Gasteiger partial charge in [-0.1, -0.05) is 70.6 Å². The average molecular weight is 342 g/mol. The van der Waals surface area contributed by atoms with E-state index in [1.165, 1.54) is 0 Å². The van der Waals surface area contributed by atoms with E-state index in [9.17, 15) is 0 Å². The van der Waals surface area contributed by atoms with Gasteiger partial charge in [-0.25, -0.2) is 0 Å². The molecule has 0 amide bonds. The van der Waals surface area contributed by atoms with Gasteiger partial charge in [0.2, 0.25) is 4.38 Å². The van der Waals surface area contributed by atoms with Crippen LogP contribution >= 0.6 is 82.9 Å². The molecule has 0 N–H and O–H groups in total. The molecule has 0 aliphatic carbocycles. The lowest BCUT2D eigenvalue weighted by Crippen LogP contribution is -1.98. The number of thiocarbonyl (C=S) groups is 1. The minimum Gasteiger partial charge on any atom is -0.437 e. The van der Waals surface area contributed by atoms with Crippen molar-refractivity contribution in [1.82, 2.24) is 0 Å². The molecule has 0 unspecified atom stereocenters. The third-order valence-electron chi connectivity index (χ3n) is 1.36. The van der Waals surface area contributed by atoms with Gasteiger partial charge in [-0.15, -0.1) is 0 Å². The summed E-state index contributed by atoms with van der Waals surface area (Å²) in [6.45, 7) is 0. The molecule has 0 saturated heterocycles. The largest absolute Gasteiger partial charge is 0.437 e. The van der Waals surface area contributed by atoms with Crippen molar-refractivity contribution in [1.29, 1.82) is 0 Å². The van der Waals surface area contributed by atoms with E-state index < -0.39 is 0 Å². The van der Waals surface area contributed by atoms with Gasteiger partial charge >= 0.3 is 0 Å². The Balaban J connectivity index is 3.45. The van der Waals surface area contributed by atoms with Gasteiger partial charge in [0.15, 0.2) is 5.75 Å². The van der Waals surface area contributed by atoms with Crippen molar-refractivity contribution in [2.24, 2.45) is 0 Å². The van der Waals surface area contributed by atoms with E-state index in [0.717, 1.165) is 0 Å². The summed E-state index contributed by atoms with van der Waals surface area (Å²) in [6.07, 6.45) is 0. The molecule has 0 bridgehead atoms. The number of hydrogen-bond donors (Lipinski definition) is 1. The predicted molar refractivity (Wildman–Crippen MR) is 73.7 cm³/mol. The zero-order chi connectivity index (χ0) is 11.7. The van der Waals surface area contributed by atoms with Gasteiger partial charge in [-0.05, 0) is 12.2 Å². The fourth-order valence-corrected chi connectivity index (χ4v) is 2.13. The Kier molecular flexibility index (Phi) is 5.12. The maximum Gasteiger partial charge on any atom is 0.222 e. The second-order valence-corrected chi connectivity index (χ2v) is 5.24. The quantitative estimate of drug-likeness (QED) is 0.310. The summed E-state index contributed by atoms with van der Waals surface area (Å²) in [7, 11) is 0. The van der Waals surface area contributed by atoms with Crippen molar-refractivity contribution in [2.75, 3.05) is 0 Å². The molecule has 0 fully saturated rings. The summed E-state index contributed by atoms with van der Waals surface area (Å²) in [5, 5.41) is 0.227. The number of halogens is 5. The van der Waals surface area contributed by atoms with Crippen molar-refractivity contribution in [2.45, 2.75) is 0 Å². The molecule has 0 heterocycles. The fourth-order valence-electron chi connectivity index (χ4n) is 0.762. The fraction of sp³-hybridized carbons (Fsp3) is 0. The number of thiol groups is 1. The zero-order valence-electron chi connectivity index (χ0n) is 6.65. The van der Waals surface area contributed by atoms with Crippen LogP contribution in [0.4, 0.5) is 0 Å². The molecule has 1 rings (SSSR count).